The molecule has 0 unspecified atom stereocenters. The zero-order valence-corrected chi connectivity index (χ0v) is 45.2. The fourth-order valence-electron chi connectivity index (χ4n) is 9.05. The molecule has 4 aromatic carbocycles. The van der Waals surface area contributed by atoms with Crippen LogP contribution in [0.3, 0.4) is 0 Å². The average Bonchev–Trinajstić information content (AvgIpc) is 3.60. The highest BCUT2D eigenvalue weighted by Crippen LogP contribution is 2.50. The maximum absolute atomic E-state index is 11.5. The third-order valence-corrected chi connectivity index (χ3v) is 14.9. The molecule has 69 heavy (non-hydrogen) atoms. The summed E-state index contributed by atoms with van der Waals surface area (Å²) in [6.45, 7) is 28.5. The highest BCUT2D eigenvalue weighted by Gasteiger charge is 2.58. The van der Waals surface area contributed by atoms with Gasteiger partial charge in [0.2, 0.25) is 0 Å². The Balaban J connectivity index is 1.36. The minimum Gasteiger partial charge on any atom is -0.497 e. The number of ether oxygens (including phenoxy) is 7. The van der Waals surface area contributed by atoms with Crippen LogP contribution in [-0.2, 0) is 35.9 Å². The first-order chi connectivity index (χ1) is 32.2. The van der Waals surface area contributed by atoms with E-state index in [1.54, 1.807) is 28.4 Å². The molecule has 5 atom stereocenters. The van der Waals surface area contributed by atoms with Gasteiger partial charge in [-0.15, -0.1) is 0 Å². The number of benzene rings is 4. The van der Waals surface area contributed by atoms with Gasteiger partial charge in [-0.05, 0) is 84.0 Å². The van der Waals surface area contributed by atoms with Crippen molar-refractivity contribution < 1.29 is 64.1 Å². The van der Waals surface area contributed by atoms with Gasteiger partial charge in [0.15, 0.2) is 12.1 Å². The van der Waals surface area contributed by atoms with E-state index in [1.807, 2.05) is 62.4 Å². The molecule has 14 nitrogen and oxygen atoms in total. The third-order valence-electron chi connectivity index (χ3n) is 12.7. The van der Waals surface area contributed by atoms with Gasteiger partial charge in [0, 0.05) is 43.8 Å². The summed E-state index contributed by atoms with van der Waals surface area (Å²) in [5.74, 6) is 1.60. The second-order valence-corrected chi connectivity index (χ2v) is 24.5. The number of aliphatic hydroxyl groups is 1. The van der Waals surface area contributed by atoms with Crippen molar-refractivity contribution in [2.24, 2.45) is 0 Å². The molecule has 6 aromatic rings. The molecule has 16 heteroatoms. The smallest absolute Gasteiger partial charge is 0.387 e. The van der Waals surface area contributed by atoms with Crippen LogP contribution in [0.25, 0.3) is 43.9 Å². The van der Waals surface area contributed by atoms with Crippen LogP contribution in [0.15, 0.2) is 65.3 Å². The molecule has 2 saturated heterocycles. The van der Waals surface area contributed by atoms with Crippen LogP contribution >= 0.6 is 16.5 Å². The normalized spacial score (nSPS) is 20.2. The van der Waals surface area contributed by atoms with E-state index in [2.05, 4.69) is 83.1 Å². The number of fused-ring (bicyclic) bond motifs is 7. The molecule has 2 aliphatic rings. The molecule has 2 aromatic heterocycles. The summed E-state index contributed by atoms with van der Waals surface area (Å²) < 4.78 is 85.2. The molecule has 0 saturated carbocycles. The summed E-state index contributed by atoms with van der Waals surface area (Å²) in [7, 11) is 1.97. The first-order valence-corrected chi connectivity index (χ1v) is 25.6. The van der Waals surface area contributed by atoms with Crippen molar-refractivity contribution in [3.8, 4) is 23.0 Å². The first kappa shape index (κ1) is 51.0. The van der Waals surface area contributed by atoms with Gasteiger partial charge in [0.1, 0.15) is 69.7 Å². The summed E-state index contributed by atoms with van der Waals surface area (Å²) in [5.41, 5.74) is 4.13. The first-order valence-electron chi connectivity index (χ1n) is 23.4. The Bertz CT molecular complexity index is 2810. The van der Waals surface area contributed by atoms with E-state index in [4.69, 9.17) is 59.0 Å². The van der Waals surface area contributed by atoms with Crippen molar-refractivity contribution in [1.82, 2.24) is 0 Å². The molecule has 2 fully saturated rings. The minimum atomic E-state index is -2.32. The Morgan fingerprint density at radius 3 is 1.16 bits per heavy atom. The lowest BCUT2D eigenvalue weighted by Gasteiger charge is -2.28. The summed E-state index contributed by atoms with van der Waals surface area (Å²) in [6, 6.07) is 15.7. The summed E-state index contributed by atoms with van der Waals surface area (Å²) in [6.07, 6.45) is -4.78. The maximum Gasteiger partial charge on any atom is 0.387 e. The largest absolute Gasteiger partial charge is 0.497 e. The molecule has 2 aliphatic heterocycles. The second kappa shape index (κ2) is 18.4. The van der Waals surface area contributed by atoms with E-state index in [0.717, 1.165) is 43.8 Å². The molecule has 4 heterocycles. The fraction of sp³-hybridized carbons (Fsp3) is 0.547. The van der Waals surface area contributed by atoms with Crippen LogP contribution in [0, 0.1) is 0 Å². The molecule has 0 spiro atoms. The van der Waals surface area contributed by atoms with Crippen LogP contribution in [0.4, 0.5) is 0 Å². The van der Waals surface area contributed by atoms with Crippen LogP contribution in [-0.4, -0.2) is 76.6 Å². The highest BCUT2D eigenvalue weighted by atomic mass is 31.1. The standard InChI is InChI=1S/C53H70O14P2/c1-49(2,3)36-23-28(55-15)19-32-33-20-29(56-16)24-37(50(4,5)6)42(33)64-68(63-41(32)36)62-40(27-54)45-46(47-48(59-45)61-53(13,14)60-47)67-69-65-43-34(21-30(57-17)25-38(43)51(7,8)9)35-22-31(58-18)26-39(44(35)66-69)52(10,11)12/h19-26,40,45-48,54H,27H2,1-18H3/t40-,45-,46-,47-,48-/m1/s1. The zero-order chi connectivity index (χ0) is 50.3. The van der Waals surface area contributed by atoms with Crippen molar-refractivity contribution in [2.45, 2.75) is 155 Å². The van der Waals surface area contributed by atoms with Gasteiger partial charge in [0.05, 0.1) is 35.0 Å². The Labute approximate surface area is 407 Å². The monoisotopic (exact) mass is 992 g/mol. The number of methoxy groups -OCH3 is 4. The summed E-state index contributed by atoms with van der Waals surface area (Å²) >= 11 is 0. The molecule has 8 rings (SSSR count). The van der Waals surface area contributed by atoms with Crippen LogP contribution in [0.2, 0.25) is 0 Å². The van der Waals surface area contributed by atoms with Crippen molar-refractivity contribution in [3.05, 3.63) is 70.8 Å². The molecule has 376 valence electrons. The number of aliphatic hydroxyl groups excluding tert-OH is 1. The van der Waals surface area contributed by atoms with Gasteiger partial charge in [-0.3, -0.25) is 9.05 Å². The molecule has 0 bridgehead atoms. The Kier molecular flexibility index (Phi) is 13.6. The zero-order valence-electron chi connectivity index (χ0n) is 43.4. The van der Waals surface area contributed by atoms with Crippen LogP contribution < -0.4 is 28.0 Å². The van der Waals surface area contributed by atoms with E-state index < -0.39 is 81.2 Å². The molecule has 0 amide bonds. The predicted molar refractivity (Wildman–Crippen MR) is 270 cm³/mol. The number of hydrogen-bond acceptors (Lipinski definition) is 14. The van der Waals surface area contributed by atoms with E-state index in [-0.39, 0.29) is 0 Å². The topological polar surface area (TPSA) is 156 Å². The molecule has 0 aliphatic carbocycles. The van der Waals surface area contributed by atoms with Gasteiger partial charge in [-0.25, -0.2) is 0 Å². The third kappa shape index (κ3) is 9.98. The maximum atomic E-state index is 11.5. The van der Waals surface area contributed by atoms with Crippen molar-refractivity contribution in [3.63, 3.8) is 0 Å². The van der Waals surface area contributed by atoms with Crippen molar-refractivity contribution in [1.29, 1.82) is 0 Å². The van der Waals surface area contributed by atoms with Crippen LogP contribution in [0.1, 0.15) is 119 Å². The lowest BCUT2D eigenvalue weighted by molar-refractivity contribution is -0.220. The molecular weight excluding hydrogens is 923 g/mol. The SMILES string of the molecule is COc1cc(C(C)(C)C)c2op(O[C@H]3[C@H]4OC(C)(C)O[C@H]4O[C@@H]3[C@@H](CO)Op3oc4c(C(C)(C)C)cc(OC)cc4c4cc(OC)cc(C(C)(C)C)c4o3)oc3c(C(C)(C)C)cc(OC)cc3c2c1. The average molecular weight is 993 g/mol. The number of rotatable bonds is 10. The quantitative estimate of drug-likeness (QED) is 0.138. The van der Waals surface area contributed by atoms with E-state index in [1.165, 1.54) is 0 Å². The Morgan fingerprint density at radius 1 is 0.522 bits per heavy atom. The number of hydrogen-bond donors (Lipinski definition) is 1. The van der Waals surface area contributed by atoms with Gasteiger partial charge < -0.3 is 55.1 Å². The molecular formula is C53H70O14P2. The molecule has 0 radical (unpaired) electrons. The van der Waals surface area contributed by atoms with Gasteiger partial charge in [-0.1, -0.05) is 83.1 Å². The fourth-order valence-corrected chi connectivity index (χ4v) is 11.5. The van der Waals surface area contributed by atoms with Gasteiger partial charge in [0.25, 0.3) is 0 Å². The van der Waals surface area contributed by atoms with E-state index in [0.29, 0.717) is 45.3 Å². The van der Waals surface area contributed by atoms with E-state index >= 15 is 0 Å². The predicted octanol–water partition coefficient (Wildman–Crippen LogP) is 13.3. The van der Waals surface area contributed by atoms with Crippen molar-refractivity contribution in [2.75, 3.05) is 35.0 Å². The molecule has 1 N–H and O–H groups in total. The van der Waals surface area contributed by atoms with E-state index in [9.17, 15) is 5.11 Å². The van der Waals surface area contributed by atoms with Crippen LogP contribution in [0.5, 0.6) is 23.0 Å². The lowest BCUT2D eigenvalue weighted by Crippen LogP contribution is -2.47. The Morgan fingerprint density at radius 2 is 0.855 bits per heavy atom. The second-order valence-electron chi connectivity index (χ2n) is 22.5. The lowest BCUT2D eigenvalue weighted by atomic mass is 9.84. The summed E-state index contributed by atoms with van der Waals surface area (Å²) in [4.78, 5) is 0. The Hall–Kier alpha value is -4.36. The minimum absolute atomic E-state index is 0.406. The van der Waals surface area contributed by atoms with Crippen molar-refractivity contribution >= 4 is 60.4 Å². The van der Waals surface area contributed by atoms with Gasteiger partial charge in [-0.2, -0.15) is 0 Å². The highest BCUT2D eigenvalue weighted by molar-refractivity contribution is 7.32. The summed E-state index contributed by atoms with van der Waals surface area (Å²) in [5, 5.41) is 14.5. The van der Waals surface area contributed by atoms with Gasteiger partial charge >= 0.3 is 16.5 Å².